The van der Waals surface area contributed by atoms with Crippen molar-refractivity contribution < 1.29 is 22.7 Å². The van der Waals surface area contributed by atoms with Gasteiger partial charge in [0.05, 0.1) is 36.1 Å². The lowest BCUT2D eigenvalue weighted by Gasteiger charge is -2.26. The van der Waals surface area contributed by atoms with Crippen molar-refractivity contribution in [1.82, 2.24) is 4.31 Å². The number of nitrogens with one attached hydrogen (secondary N) is 1. The zero-order valence-electron chi connectivity index (χ0n) is 16.8. The molecule has 1 fully saturated rings. The molecule has 0 aliphatic carbocycles. The van der Waals surface area contributed by atoms with E-state index in [-0.39, 0.29) is 35.4 Å². The van der Waals surface area contributed by atoms with Crippen LogP contribution >= 0.6 is 35.0 Å². The lowest BCUT2D eigenvalue weighted by atomic mass is 10.2. The van der Waals surface area contributed by atoms with Crippen molar-refractivity contribution in [3.63, 3.8) is 0 Å². The van der Waals surface area contributed by atoms with Crippen molar-refractivity contribution in [2.75, 3.05) is 44.5 Å². The average molecular weight is 505 g/mol. The first-order chi connectivity index (χ1) is 14.8. The fourth-order valence-corrected chi connectivity index (χ4v) is 5.66. The van der Waals surface area contributed by atoms with E-state index in [0.29, 0.717) is 34.7 Å². The molecule has 1 N–H and O–H groups in total. The second kappa shape index (κ2) is 10.9. The van der Waals surface area contributed by atoms with Crippen LogP contribution in [0.15, 0.2) is 41.3 Å². The SMILES string of the molecule is COc1ccc(NC(=O)CSCc2ccc(Cl)c(Cl)c2)cc1S(=O)(=O)N1CCOCC1. The van der Waals surface area contributed by atoms with E-state index in [9.17, 15) is 13.2 Å². The summed E-state index contributed by atoms with van der Waals surface area (Å²) in [4.78, 5) is 12.4. The molecule has 1 amide bonds. The summed E-state index contributed by atoms with van der Waals surface area (Å²) in [6.45, 7) is 1.23. The van der Waals surface area contributed by atoms with Gasteiger partial charge in [0.25, 0.3) is 0 Å². The van der Waals surface area contributed by atoms with Crippen LogP contribution in [0.1, 0.15) is 5.56 Å². The van der Waals surface area contributed by atoms with Gasteiger partial charge in [0, 0.05) is 24.5 Å². The molecule has 3 rings (SSSR count). The third-order valence-corrected chi connectivity index (χ3v) is 8.18. The Morgan fingerprint density at radius 3 is 2.58 bits per heavy atom. The van der Waals surface area contributed by atoms with E-state index in [1.807, 2.05) is 6.07 Å². The number of rotatable bonds is 8. The van der Waals surface area contributed by atoms with Gasteiger partial charge in [0.1, 0.15) is 10.6 Å². The minimum absolute atomic E-state index is 0.0122. The number of anilines is 1. The number of nitrogens with zero attached hydrogens (tertiary/aromatic N) is 1. The number of ether oxygens (including phenoxy) is 2. The van der Waals surface area contributed by atoms with Crippen molar-refractivity contribution in [2.45, 2.75) is 10.6 Å². The highest BCUT2D eigenvalue weighted by atomic mass is 35.5. The van der Waals surface area contributed by atoms with Gasteiger partial charge in [-0.3, -0.25) is 4.79 Å². The minimum atomic E-state index is -3.78. The van der Waals surface area contributed by atoms with Crippen LogP contribution in [0.2, 0.25) is 10.0 Å². The maximum Gasteiger partial charge on any atom is 0.246 e. The monoisotopic (exact) mass is 504 g/mol. The lowest BCUT2D eigenvalue weighted by molar-refractivity contribution is -0.113. The van der Waals surface area contributed by atoms with Crippen LogP contribution in [0.4, 0.5) is 5.69 Å². The number of hydrogen-bond donors (Lipinski definition) is 1. The Balaban J connectivity index is 1.65. The number of methoxy groups -OCH3 is 1. The number of morpholine rings is 1. The number of amides is 1. The van der Waals surface area contributed by atoms with Gasteiger partial charge in [-0.1, -0.05) is 29.3 Å². The Morgan fingerprint density at radius 1 is 1.16 bits per heavy atom. The van der Waals surface area contributed by atoms with Crippen molar-refractivity contribution in [3.8, 4) is 5.75 Å². The summed E-state index contributed by atoms with van der Waals surface area (Å²) in [7, 11) is -2.37. The van der Waals surface area contributed by atoms with Crippen LogP contribution in [0.3, 0.4) is 0 Å². The molecule has 0 aromatic heterocycles. The predicted octanol–water partition coefficient (Wildman–Crippen LogP) is 3.89. The second-order valence-electron chi connectivity index (χ2n) is 6.67. The van der Waals surface area contributed by atoms with Gasteiger partial charge in [0.2, 0.25) is 15.9 Å². The molecule has 2 aromatic carbocycles. The Hall–Kier alpha value is -1.49. The molecule has 31 heavy (non-hydrogen) atoms. The predicted molar refractivity (Wildman–Crippen MR) is 124 cm³/mol. The first kappa shape index (κ1) is 24.2. The van der Waals surface area contributed by atoms with Crippen LogP contribution < -0.4 is 10.1 Å². The number of hydrogen-bond acceptors (Lipinski definition) is 6. The Kier molecular flexibility index (Phi) is 8.49. The van der Waals surface area contributed by atoms with Crippen LogP contribution in [0.5, 0.6) is 5.75 Å². The molecule has 1 aliphatic heterocycles. The van der Waals surface area contributed by atoms with Gasteiger partial charge in [-0.15, -0.1) is 11.8 Å². The molecule has 11 heteroatoms. The van der Waals surface area contributed by atoms with Gasteiger partial charge in [0.15, 0.2) is 0 Å². The Morgan fingerprint density at radius 2 is 1.90 bits per heavy atom. The number of thioether (sulfide) groups is 1. The van der Waals surface area contributed by atoms with E-state index >= 15 is 0 Å². The molecule has 0 radical (unpaired) electrons. The third kappa shape index (κ3) is 6.27. The topological polar surface area (TPSA) is 84.9 Å². The van der Waals surface area contributed by atoms with Gasteiger partial charge >= 0.3 is 0 Å². The van der Waals surface area contributed by atoms with Crippen LogP contribution in [-0.4, -0.2) is 57.8 Å². The number of carbonyl (C=O) groups excluding carboxylic acids is 1. The Labute approximate surface area is 196 Å². The Bertz CT molecular complexity index is 1040. The van der Waals surface area contributed by atoms with Crippen molar-refractivity contribution in [2.24, 2.45) is 0 Å². The highest BCUT2D eigenvalue weighted by molar-refractivity contribution is 7.99. The number of sulfonamides is 1. The van der Waals surface area contributed by atoms with Gasteiger partial charge in [-0.25, -0.2) is 8.42 Å². The maximum atomic E-state index is 13.0. The number of halogens is 2. The molecular formula is C20H22Cl2N2O5S2. The molecule has 0 saturated carbocycles. The highest BCUT2D eigenvalue weighted by Crippen LogP contribution is 2.30. The summed E-state index contributed by atoms with van der Waals surface area (Å²) in [6, 6.07) is 9.90. The summed E-state index contributed by atoms with van der Waals surface area (Å²) in [5, 5.41) is 3.70. The molecular weight excluding hydrogens is 483 g/mol. The number of carbonyl (C=O) groups is 1. The van der Waals surface area contributed by atoms with Gasteiger partial charge < -0.3 is 14.8 Å². The van der Waals surface area contributed by atoms with E-state index in [4.69, 9.17) is 32.7 Å². The van der Waals surface area contributed by atoms with Gasteiger partial charge in [-0.05, 0) is 35.9 Å². The zero-order chi connectivity index (χ0) is 22.4. The first-order valence-electron chi connectivity index (χ1n) is 9.38. The van der Waals surface area contributed by atoms with E-state index in [2.05, 4.69) is 5.32 Å². The molecule has 7 nitrogen and oxygen atoms in total. The lowest BCUT2D eigenvalue weighted by Crippen LogP contribution is -2.40. The fraction of sp³-hybridized carbons (Fsp3) is 0.350. The van der Waals surface area contributed by atoms with Crippen LogP contribution in [0, 0.1) is 0 Å². The largest absolute Gasteiger partial charge is 0.495 e. The molecule has 0 unspecified atom stereocenters. The zero-order valence-corrected chi connectivity index (χ0v) is 19.9. The van der Waals surface area contributed by atoms with E-state index < -0.39 is 10.0 Å². The molecule has 0 bridgehead atoms. The molecule has 1 heterocycles. The quantitative estimate of drug-likeness (QED) is 0.586. The second-order valence-corrected chi connectivity index (χ2v) is 10.4. The smallest absolute Gasteiger partial charge is 0.246 e. The normalized spacial score (nSPS) is 14.9. The summed E-state index contributed by atoms with van der Waals surface area (Å²) in [6.07, 6.45) is 0. The van der Waals surface area contributed by atoms with Crippen molar-refractivity contribution in [3.05, 3.63) is 52.0 Å². The molecule has 0 atom stereocenters. The average Bonchev–Trinajstić information content (AvgIpc) is 2.77. The van der Waals surface area contributed by atoms with Crippen molar-refractivity contribution in [1.29, 1.82) is 0 Å². The van der Waals surface area contributed by atoms with E-state index in [0.717, 1.165) is 5.56 Å². The standard InChI is InChI=1S/C20H22Cl2N2O5S2/c1-28-18-5-3-15(11-19(18)31(26,27)24-6-8-29-9-7-24)23-20(25)13-30-12-14-2-4-16(21)17(22)10-14/h2-5,10-11H,6-9,12-13H2,1H3,(H,23,25). The minimum Gasteiger partial charge on any atom is -0.495 e. The summed E-state index contributed by atoms with van der Waals surface area (Å²) in [5.41, 5.74) is 1.34. The summed E-state index contributed by atoms with van der Waals surface area (Å²) >= 11 is 13.3. The van der Waals surface area contributed by atoms with E-state index in [1.54, 1.807) is 18.2 Å². The van der Waals surface area contributed by atoms with Gasteiger partial charge in [-0.2, -0.15) is 4.31 Å². The first-order valence-corrected chi connectivity index (χ1v) is 12.7. The van der Waals surface area contributed by atoms with Crippen LogP contribution in [0.25, 0.3) is 0 Å². The highest BCUT2D eigenvalue weighted by Gasteiger charge is 2.29. The third-order valence-electron chi connectivity index (χ3n) is 4.52. The molecule has 1 saturated heterocycles. The molecule has 2 aromatic rings. The van der Waals surface area contributed by atoms with Crippen molar-refractivity contribution >= 4 is 56.6 Å². The molecule has 168 valence electrons. The van der Waals surface area contributed by atoms with Crippen LogP contribution in [-0.2, 0) is 25.3 Å². The summed E-state index contributed by atoms with van der Waals surface area (Å²) in [5.74, 6) is 0.755. The summed E-state index contributed by atoms with van der Waals surface area (Å²) < 4.78 is 37.9. The van der Waals surface area contributed by atoms with E-state index in [1.165, 1.54) is 35.3 Å². The molecule has 1 aliphatic rings. The maximum absolute atomic E-state index is 13.0. The molecule has 0 spiro atoms. The number of benzene rings is 2. The fourth-order valence-electron chi connectivity index (χ4n) is 2.97.